The number of amides is 1. The van der Waals surface area contributed by atoms with Gasteiger partial charge in [-0.15, -0.1) is 5.10 Å². The van der Waals surface area contributed by atoms with E-state index in [0.29, 0.717) is 5.69 Å². The van der Waals surface area contributed by atoms with E-state index in [9.17, 15) is 4.79 Å². The smallest absolute Gasteiger partial charge is 0.273 e. The van der Waals surface area contributed by atoms with E-state index in [0.717, 1.165) is 18.5 Å². The SMILES string of the molecule is CC1(C)CC(NC(=O)c2cn(-c3cccnc3)nn2)CC(C)(C)N1. The molecule has 7 heteroatoms. The van der Waals surface area contributed by atoms with Crippen LogP contribution in [-0.2, 0) is 0 Å². The second-order valence-corrected chi connectivity index (χ2v) is 7.73. The van der Waals surface area contributed by atoms with Gasteiger partial charge in [-0.25, -0.2) is 4.68 Å². The van der Waals surface area contributed by atoms with Crippen LogP contribution in [0.5, 0.6) is 0 Å². The van der Waals surface area contributed by atoms with Crippen molar-refractivity contribution in [3.63, 3.8) is 0 Å². The molecule has 0 unspecified atom stereocenters. The van der Waals surface area contributed by atoms with Crippen molar-refractivity contribution in [3.8, 4) is 5.69 Å². The van der Waals surface area contributed by atoms with E-state index in [1.807, 2.05) is 12.1 Å². The van der Waals surface area contributed by atoms with Crippen LogP contribution < -0.4 is 10.6 Å². The van der Waals surface area contributed by atoms with Crippen molar-refractivity contribution in [1.29, 1.82) is 0 Å². The van der Waals surface area contributed by atoms with Gasteiger partial charge in [0.25, 0.3) is 5.91 Å². The van der Waals surface area contributed by atoms with Crippen molar-refractivity contribution in [1.82, 2.24) is 30.6 Å². The summed E-state index contributed by atoms with van der Waals surface area (Å²) in [7, 11) is 0. The average molecular weight is 328 g/mol. The summed E-state index contributed by atoms with van der Waals surface area (Å²) in [6.45, 7) is 8.63. The van der Waals surface area contributed by atoms with Gasteiger partial charge in [-0.3, -0.25) is 9.78 Å². The molecule has 3 rings (SSSR count). The summed E-state index contributed by atoms with van der Waals surface area (Å²) in [5.41, 5.74) is 1.04. The van der Waals surface area contributed by atoms with Gasteiger partial charge in [0.05, 0.1) is 18.1 Å². The minimum atomic E-state index is -0.191. The maximum atomic E-state index is 12.5. The molecule has 0 radical (unpaired) electrons. The zero-order valence-electron chi connectivity index (χ0n) is 14.6. The molecular weight excluding hydrogens is 304 g/mol. The van der Waals surface area contributed by atoms with Gasteiger partial charge in [0.15, 0.2) is 5.69 Å². The number of aromatic nitrogens is 4. The fourth-order valence-electron chi connectivity index (χ4n) is 3.67. The first-order valence-corrected chi connectivity index (χ1v) is 8.17. The second kappa shape index (κ2) is 5.98. The van der Waals surface area contributed by atoms with Gasteiger partial charge < -0.3 is 10.6 Å². The summed E-state index contributed by atoms with van der Waals surface area (Å²) in [6, 6.07) is 3.78. The lowest BCUT2D eigenvalue weighted by Gasteiger charge is -2.46. The first kappa shape index (κ1) is 16.6. The lowest BCUT2D eigenvalue weighted by Crippen LogP contribution is -2.62. The molecule has 2 aromatic rings. The van der Waals surface area contributed by atoms with Crippen molar-refractivity contribution < 1.29 is 4.79 Å². The van der Waals surface area contributed by atoms with E-state index >= 15 is 0 Å². The largest absolute Gasteiger partial charge is 0.348 e. The van der Waals surface area contributed by atoms with Gasteiger partial charge in [-0.05, 0) is 52.7 Å². The predicted octanol–water partition coefficient (Wildman–Crippen LogP) is 1.70. The lowest BCUT2D eigenvalue weighted by molar-refractivity contribution is 0.0868. The molecule has 128 valence electrons. The highest BCUT2D eigenvalue weighted by molar-refractivity contribution is 5.92. The first-order chi connectivity index (χ1) is 11.2. The number of hydrogen-bond donors (Lipinski definition) is 2. The quantitative estimate of drug-likeness (QED) is 0.896. The average Bonchev–Trinajstić information content (AvgIpc) is 2.94. The van der Waals surface area contributed by atoms with Gasteiger partial charge >= 0.3 is 0 Å². The minimum absolute atomic E-state index is 0.0208. The van der Waals surface area contributed by atoms with Crippen molar-refractivity contribution in [3.05, 3.63) is 36.4 Å². The minimum Gasteiger partial charge on any atom is -0.348 e. The summed E-state index contributed by atoms with van der Waals surface area (Å²) in [5.74, 6) is -0.191. The van der Waals surface area contributed by atoms with Crippen LogP contribution >= 0.6 is 0 Å². The second-order valence-electron chi connectivity index (χ2n) is 7.73. The van der Waals surface area contributed by atoms with Gasteiger partial charge in [-0.1, -0.05) is 5.21 Å². The van der Waals surface area contributed by atoms with E-state index in [1.54, 1.807) is 23.3 Å². The zero-order valence-corrected chi connectivity index (χ0v) is 14.6. The van der Waals surface area contributed by atoms with Crippen molar-refractivity contribution in [2.45, 2.75) is 57.7 Å². The van der Waals surface area contributed by atoms with Crippen LogP contribution in [0.1, 0.15) is 51.0 Å². The third-order valence-electron chi connectivity index (χ3n) is 4.16. The predicted molar refractivity (Wildman–Crippen MR) is 90.9 cm³/mol. The van der Waals surface area contributed by atoms with E-state index < -0.39 is 0 Å². The topological polar surface area (TPSA) is 84.7 Å². The van der Waals surface area contributed by atoms with Crippen molar-refractivity contribution in [2.75, 3.05) is 0 Å². The molecular formula is C17H24N6O. The van der Waals surface area contributed by atoms with Crippen LogP contribution in [0.2, 0.25) is 0 Å². The number of nitrogens with zero attached hydrogens (tertiary/aromatic N) is 4. The Morgan fingerprint density at radius 1 is 1.29 bits per heavy atom. The zero-order chi connectivity index (χ0) is 17.4. The molecule has 0 aromatic carbocycles. The summed E-state index contributed by atoms with van der Waals surface area (Å²) in [4.78, 5) is 16.6. The van der Waals surface area contributed by atoms with E-state index in [-0.39, 0.29) is 23.0 Å². The standard InChI is InChI=1S/C17H24N6O/c1-16(2)8-12(9-17(3,4)21-16)19-15(24)14-11-23(22-20-14)13-6-5-7-18-10-13/h5-7,10-12,21H,8-9H2,1-4H3,(H,19,24). The Morgan fingerprint density at radius 2 is 2.00 bits per heavy atom. The molecule has 0 aliphatic carbocycles. The molecule has 1 aliphatic rings. The molecule has 24 heavy (non-hydrogen) atoms. The highest BCUT2D eigenvalue weighted by Crippen LogP contribution is 2.28. The fourth-order valence-corrected chi connectivity index (χ4v) is 3.67. The van der Waals surface area contributed by atoms with E-state index in [2.05, 4.69) is 53.6 Å². The Hall–Kier alpha value is -2.28. The van der Waals surface area contributed by atoms with Gasteiger partial charge in [-0.2, -0.15) is 0 Å². The Morgan fingerprint density at radius 3 is 2.62 bits per heavy atom. The molecule has 0 atom stereocenters. The van der Waals surface area contributed by atoms with Crippen molar-refractivity contribution >= 4 is 5.91 Å². The van der Waals surface area contributed by atoms with Gasteiger partial charge in [0.1, 0.15) is 0 Å². The molecule has 1 fully saturated rings. The maximum Gasteiger partial charge on any atom is 0.273 e. The van der Waals surface area contributed by atoms with Crippen LogP contribution in [0, 0.1) is 0 Å². The highest BCUT2D eigenvalue weighted by Gasteiger charge is 2.38. The molecule has 0 spiro atoms. The van der Waals surface area contributed by atoms with Crippen LogP contribution in [-0.4, -0.2) is 43.0 Å². The van der Waals surface area contributed by atoms with Gasteiger partial charge in [0, 0.05) is 23.3 Å². The number of hydrogen-bond acceptors (Lipinski definition) is 5. The van der Waals surface area contributed by atoms with E-state index in [4.69, 9.17) is 0 Å². The molecule has 2 aromatic heterocycles. The number of pyridine rings is 1. The van der Waals surface area contributed by atoms with Gasteiger partial charge in [0.2, 0.25) is 0 Å². The number of carbonyl (C=O) groups excluding carboxylic acids is 1. The van der Waals surface area contributed by atoms with Crippen LogP contribution in [0.3, 0.4) is 0 Å². The number of rotatable bonds is 3. The molecule has 2 N–H and O–H groups in total. The highest BCUT2D eigenvalue weighted by atomic mass is 16.2. The Kier molecular flexibility index (Phi) is 4.13. The molecule has 1 saturated heterocycles. The summed E-state index contributed by atoms with van der Waals surface area (Å²) in [5, 5.41) is 14.7. The summed E-state index contributed by atoms with van der Waals surface area (Å²) >= 11 is 0. The van der Waals surface area contributed by atoms with Crippen LogP contribution in [0.25, 0.3) is 5.69 Å². The lowest BCUT2D eigenvalue weighted by atomic mass is 9.79. The molecule has 0 saturated carbocycles. The number of piperidine rings is 1. The molecule has 1 aliphatic heterocycles. The number of nitrogens with one attached hydrogen (secondary N) is 2. The molecule has 7 nitrogen and oxygen atoms in total. The monoisotopic (exact) mass is 328 g/mol. The summed E-state index contributed by atoms with van der Waals surface area (Å²) in [6.07, 6.45) is 6.74. The fraction of sp³-hybridized carbons (Fsp3) is 0.529. The molecule has 1 amide bonds. The third kappa shape index (κ3) is 3.79. The third-order valence-corrected chi connectivity index (χ3v) is 4.16. The maximum absolute atomic E-state index is 12.5. The Balaban J connectivity index is 1.70. The number of carbonyl (C=O) groups is 1. The van der Waals surface area contributed by atoms with Crippen molar-refractivity contribution in [2.24, 2.45) is 0 Å². The Bertz CT molecular complexity index is 706. The summed E-state index contributed by atoms with van der Waals surface area (Å²) < 4.78 is 1.55. The van der Waals surface area contributed by atoms with Crippen LogP contribution in [0.15, 0.2) is 30.7 Å². The van der Waals surface area contributed by atoms with E-state index in [1.165, 1.54) is 0 Å². The first-order valence-electron chi connectivity index (χ1n) is 8.17. The molecule has 3 heterocycles. The Labute approximate surface area is 141 Å². The normalized spacial score (nSPS) is 19.8. The molecule has 0 bridgehead atoms. The van der Waals surface area contributed by atoms with Crippen LogP contribution in [0.4, 0.5) is 0 Å².